The standard InChI is InChI=1S/C10H12N6S2/c11-9(17)15-13-5-7-3-1-2-4-8(7)6-14-16-10(12)18/h1-6H,(H3,11,15,17)(H3,12,16,18)/b13-5-,14-6-. The van der Waals surface area contributed by atoms with Gasteiger partial charge in [0.1, 0.15) is 0 Å². The normalized spacial score (nSPS) is 10.7. The lowest BCUT2D eigenvalue weighted by Crippen LogP contribution is -2.24. The van der Waals surface area contributed by atoms with E-state index in [2.05, 4.69) is 45.5 Å². The molecule has 1 rings (SSSR count). The number of hydrogen-bond acceptors (Lipinski definition) is 4. The largest absolute Gasteiger partial charge is 0.375 e. The molecule has 0 aliphatic heterocycles. The third kappa shape index (κ3) is 5.32. The van der Waals surface area contributed by atoms with E-state index in [1.807, 2.05) is 24.3 Å². The third-order valence-electron chi connectivity index (χ3n) is 1.75. The van der Waals surface area contributed by atoms with Crippen molar-refractivity contribution in [3.63, 3.8) is 0 Å². The number of thiocarbonyl (C=S) groups is 2. The summed E-state index contributed by atoms with van der Waals surface area (Å²) in [4.78, 5) is 0. The monoisotopic (exact) mass is 280 g/mol. The first-order chi connectivity index (χ1) is 8.59. The number of benzene rings is 1. The third-order valence-corrected chi connectivity index (χ3v) is 1.94. The van der Waals surface area contributed by atoms with Crippen LogP contribution in [0.5, 0.6) is 0 Å². The van der Waals surface area contributed by atoms with Crippen LogP contribution >= 0.6 is 24.4 Å². The van der Waals surface area contributed by atoms with Crippen molar-refractivity contribution in [2.45, 2.75) is 0 Å². The summed E-state index contributed by atoms with van der Waals surface area (Å²) >= 11 is 9.26. The summed E-state index contributed by atoms with van der Waals surface area (Å²) in [6, 6.07) is 7.49. The summed E-state index contributed by atoms with van der Waals surface area (Å²) in [6.45, 7) is 0. The molecule has 0 saturated heterocycles. The molecule has 8 heteroatoms. The van der Waals surface area contributed by atoms with Crippen LogP contribution in [0.1, 0.15) is 11.1 Å². The molecule has 18 heavy (non-hydrogen) atoms. The molecule has 0 saturated carbocycles. The number of nitrogens with one attached hydrogen (secondary N) is 2. The van der Waals surface area contributed by atoms with Crippen LogP contribution in [0, 0.1) is 0 Å². The predicted molar refractivity (Wildman–Crippen MR) is 81.5 cm³/mol. The number of hydrogen-bond donors (Lipinski definition) is 4. The van der Waals surface area contributed by atoms with Crippen molar-refractivity contribution in [1.29, 1.82) is 0 Å². The second-order valence-electron chi connectivity index (χ2n) is 3.10. The van der Waals surface area contributed by atoms with Crippen LogP contribution in [0.2, 0.25) is 0 Å². The van der Waals surface area contributed by atoms with Crippen LogP contribution < -0.4 is 22.3 Å². The second kappa shape index (κ2) is 7.30. The molecule has 0 spiro atoms. The Balaban J connectivity index is 2.79. The minimum absolute atomic E-state index is 0.104. The second-order valence-corrected chi connectivity index (χ2v) is 3.98. The van der Waals surface area contributed by atoms with Gasteiger partial charge in [0.15, 0.2) is 10.2 Å². The number of nitrogens with zero attached hydrogens (tertiary/aromatic N) is 2. The zero-order valence-electron chi connectivity index (χ0n) is 9.33. The van der Waals surface area contributed by atoms with Crippen LogP contribution in [-0.2, 0) is 0 Å². The van der Waals surface area contributed by atoms with Gasteiger partial charge in [-0.1, -0.05) is 24.3 Å². The Morgan fingerprint density at radius 3 is 1.67 bits per heavy atom. The topological polar surface area (TPSA) is 101 Å². The Kier molecular flexibility index (Phi) is 5.68. The van der Waals surface area contributed by atoms with E-state index in [9.17, 15) is 0 Å². The van der Waals surface area contributed by atoms with E-state index < -0.39 is 0 Å². The molecule has 0 aliphatic carbocycles. The Bertz CT molecular complexity index is 452. The predicted octanol–water partition coefficient (Wildman–Crippen LogP) is 0.0208. The van der Waals surface area contributed by atoms with E-state index in [4.69, 9.17) is 11.5 Å². The molecular formula is C10H12N6S2. The molecule has 0 atom stereocenters. The maximum absolute atomic E-state index is 5.25. The summed E-state index contributed by atoms with van der Waals surface area (Å²) in [5.74, 6) is 0. The van der Waals surface area contributed by atoms with Gasteiger partial charge in [0.2, 0.25) is 0 Å². The summed E-state index contributed by atoms with van der Waals surface area (Å²) in [5, 5.41) is 7.95. The number of hydrazone groups is 2. The molecule has 0 heterocycles. The van der Waals surface area contributed by atoms with Crippen molar-refractivity contribution in [1.82, 2.24) is 10.9 Å². The van der Waals surface area contributed by atoms with Gasteiger partial charge in [-0.3, -0.25) is 10.9 Å². The lowest BCUT2D eigenvalue weighted by atomic mass is 10.1. The van der Waals surface area contributed by atoms with Gasteiger partial charge in [-0.25, -0.2) is 0 Å². The van der Waals surface area contributed by atoms with Crippen LogP contribution in [0.3, 0.4) is 0 Å². The molecule has 6 nitrogen and oxygen atoms in total. The first kappa shape index (κ1) is 14.0. The number of nitrogens with two attached hydrogens (primary N) is 2. The maximum Gasteiger partial charge on any atom is 0.184 e. The van der Waals surface area contributed by atoms with Gasteiger partial charge in [0.25, 0.3) is 0 Å². The van der Waals surface area contributed by atoms with Crippen molar-refractivity contribution >= 4 is 47.1 Å². The van der Waals surface area contributed by atoms with Crippen LogP contribution in [0.25, 0.3) is 0 Å². The molecule has 1 aromatic carbocycles. The van der Waals surface area contributed by atoms with Crippen molar-refractivity contribution < 1.29 is 0 Å². The Hall–Kier alpha value is -2.06. The fraction of sp³-hybridized carbons (Fsp3) is 0. The SMILES string of the molecule is NC(=S)N/N=C\c1ccccc1/C=N\NC(N)=S. The Morgan fingerprint density at radius 1 is 0.944 bits per heavy atom. The molecule has 0 unspecified atom stereocenters. The summed E-state index contributed by atoms with van der Waals surface area (Å²) < 4.78 is 0. The highest BCUT2D eigenvalue weighted by molar-refractivity contribution is 7.80. The minimum Gasteiger partial charge on any atom is -0.375 e. The first-order valence-electron chi connectivity index (χ1n) is 4.85. The van der Waals surface area contributed by atoms with Gasteiger partial charge < -0.3 is 11.5 Å². The van der Waals surface area contributed by atoms with Crippen LogP contribution in [0.4, 0.5) is 0 Å². The summed E-state index contributed by atoms with van der Waals surface area (Å²) in [6.07, 6.45) is 3.17. The van der Waals surface area contributed by atoms with E-state index in [1.54, 1.807) is 12.4 Å². The van der Waals surface area contributed by atoms with Gasteiger partial charge in [-0.05, 0) is 24.4 Å². The molecule has 1 aromatic rings. The first-order valence-corrected chi connectivity index (χ1v) is 5.67. The average molecular weight is 280 g/mol. The van der Waals surface area contributed by atoms with Crippen molar-refractivity contribution in [3.8, 4) is 0 Å². The highest BCUT2D eigenvalue weighted by Crippen LogP contribution is 2.02. The highest BCUT2D eigenvalue weighted by Gasteiger charge is 1.95. The van der Waals surface area contributed by atoms with Gasteiger partial charge in [-0.15, -0.1) is 0 Å². The van der Waals surface area contributed by atoms with Crippen LogP contribution in [0.15, 0.2) is 34.5 Å². The van der Waals surface area contributed by atoms with E-state index in [0.29, 0.717) is 0 Å². The van der Waals surface area contributed by atoms with Gasteiger partial charge in [0.05, 0.1) is 12.4 Å². The fourth-order valence-electron chi connectivity index (χ4n) is 1.08. The van der Waals surface area contributed by atoms with Crippen molar-refractivity contribution in [2.24, 2.45) is 21.7 Å². The highest BCUT2D eigenvalue weighted by atomic mass is 32.1. The van der Waals surface area contributed by atoms with Gasteiger partial charge >= 0.3 is 0 Å². The Labute approximate surface area is 115 Å². The lowest BCUT2D eigenvalue weighted by molar-refractivity contribution is 1.04. The summed E-state index contributed by atoms with van der Waals surface area (Å²) in [5.41, 5.74) is 17.1. The van der Waals surface area contributed by atoms with Crippen LogP contribution in [-0.4, -0.2) is 22.7 Å². The van der Waals surface area contributed by atoms with E-state index >= 15 is 0 Å². The maximum atomic E-state index is 5.25. The molecule has 0 radical (unpaired) electrons. The number of rotatable bonds is 4. The van der Waals surface area contributed by atoms with Crippen molar-refractivity contribution in [3.05, 3.63) is 35.4 Å². The molecule has 0 bridgehead atoms. The smallest absolute Gasteiger partial charge is 0.184 e. The Morgan fingerprint density at radius 2 is 1.33 bits per heavy atom. The quantitative estimate of drug-likeness (QED) is 0.352. The van der Waals surface area contributed by atoms with Gasteiger partial charge in [0, 0.05) is 11.1 Å². The zero-order chi connectivity index (χ0) is 13.4. The molecule has 94 valence electrons. The zero-order valence-corrected chi connectivity index (χ0v) is 11.0. The summed E-state index contributed by atoms with van der Waals surface area (Å²) in [7, 11) is 0. The minimum atomic E-state index is 0.104. The lowest BCUT2D eigenvalue weighted by Gasteiger charge is -2.00. The van der Waals surface area contributed by atoms with Crippen molar-refractivity contribution in [2.75, 3.05) is 0 Å². The van der Waals surface area contributed by atoms with E-state index in [0.717, 1.165) is 11.1 Å². The molecule has 0 aliphatic rings. The molecule has 0 aromatic heterocycles. The molecular weight excluding hydrogens is 268 g/mol. The molecule has 6 N–H and O–H groups in total. The molecule has 0 amide bonds. The average Bonchev–Trinajstić information content (AvgIpc) is 2.30. The van der Waals surface area contributed by atoms with Gasteiger partial charge in [-0.2, -0.15) is 10.2 Å². The van der Waals surface area contributed by atoms with E-state index in [-0.39, 0.29) is 10.2 Å². The van der Waals surface area contributed by atoms with E-state index in [1.165, 1.54) is 0 Å². The fourth-order valence-corrected chi connectivity index (χ4v) is 1.18. The molecule has 0 fully saturated rings.